The molecule has 0 fully saturated rings. The summed E-state index contributed by atoms with van der Waals surface area (Å²) < 4.78 is 62.9. The van der Waals surface area contributed by atoms with Gasteiger partial charge in [-0.3, -0.25) is 9.10 Å². The normalized spacial score (nSPS) is 16.9. The number of rotatable bonds is 3. The van der Waals surface area contributed by atoms with E-state index in [1.807, 2.05) is 0 Å². The first-order valence-corrected chi connectivity index (χ1v) is 9.92. The van der Waals surface area contributed by atoms with Crippen molar-refractivity contribution in [3.63, 3.8) is 0 Å². The second-order valence-corrected chi connectivity index (χ2v) is 8.34. The molecule has 0 bridgehead atoms. The molecule has 3 rings (SSSR count). The summed E-state index contributed by atoms with van der Waals surface area (Å²) in [5, 5.41) is 2.54. The van der Waals surface area contributed by atoms with E-state index in [0.29, 0.717) is 17.7 Å². The Balaban J connectivity index is 1.80. The maximum atomic E-state index is 12.6. The Bertz CT molecular complexity index is 986. The molecule has 9 heteroatoms. The van der Waals surface area contributed by atoms with Crippen molar-refractivity contribution < 1.29 is 26.4 Å². The van der Waals surface area contributed by atoms with Crippen molar-refractivity contribution in [2.24, 2.45) is 0 Å². The quantitative estimate of drug-likeness (QED) is 0.858. The lowest BCUT2D eigenvalue weighted by molar-refractivity contribution is -0.137. The van der Waals surface area contributed by atoms with E-state index in [1.54, 1.807) is 19.1 Å². The highest BCUT2D eigenvalue weighted by Crippen LogP contribution is 2.35. The molecule has 144 valence electrons. The van der Waals surface area contributed by atoms with E-state index in [4.69, 9.17) is 0 Å². The zero-order valence-electron chi connectivity index (χ0n) is 14.5. The van der Waals surface area contributed by atoms with Crippen molar-refractivity contribution in [1.82, 2.24) is 0 Å². The van der Waals surface area contributed by atoms with E-state index >= 15 is 0 Å². The lowest BCUT2D eigenvalue weighted by atomic mass is 10.1. The first-order chi connectivity index (χ1) is 12.5. The van der Waals surface area contributed by atoms with Crippen molar-refractivity contribution in [3.05, 3.63) is 59.2 Å². The van der Waals surface area contributed by atoms with Gasteiger partial charge in [0.25, 0.3) is 5.91 Å². The predicted octanol–water partition coefficient (Wildman–Crippen LogP) is 3.67. The second-order valence-electron chi connectivity index (χ2n) is 6.48. The number of alkyl halides is 3. The Labute approximate surface area is 154 Å². The molecule has 5 nitrogen and oxygen atoms in total. The number of amides is 1. The molecule has 1 aliphatic heterocycles. The summed E-state index contributed by atoms with van der Waals surface area (Å²) in [4.78, 5) is 12.4. The van der Waals surface area contributed by atoms with E-state index < -0.39 is 27.7 Å². The average molecular weight is 398 g/mol. The summed E-state index contributed by atoms with van der Waals surface area (Å²) in [5.74, 6) is -0.483. The van der Waals surface area contributed by atoms with Crippen molar-refractivity contribution in [3.8, 4) is 0 Å². The first-order valence-electron chi connectivity index (χ1n) is 8.08. The molecular weight excluding hydrogens is 381 g/mol. The zero-order valence-corrected chi connectivity index (χ0v) is 15.4. The standard InChI is InChI=1S/C18H17F3N2O3S/c1-11-9-13-10-12(3-8-16(13)23(11)27(2,25)26)17(24)22-15-6-4-14(5-7-15)18(19,20)21/h3-8,10-11H,9H2,1-2H3,(H,22,24). The molecule has 0 spiro atoms. The van der Waals surface area contributed by atoms with Crippen LogP contribution in [0.15, 0.2) is 42.5 Å². The van der Waals surface area contributed by atoms with E-state index in [-0.39, 0.29) is 11.7 Å². The van der Waals surface area contributed by atoms with Gasteiger partial charge in [0.2, 0.25) is 10.0 Å². The molecule has 0 radical (unpaired) electrons. The van der Waals surface area contributed by atoms with Gasteiger partial charge in [-0.1, -0.05) is 0 Å². The third-order valence-corrected chi connectivity index (χ3v) is 5.59. The number of carbonyl (C=O) groups is 1. The van der Waals surface area contributed by atoms with Crippen LogP contribution < -0.4 is 9.62 Å². The van der Waals surface area contributed by atoms with Gasteiger partial charge < -0.3 is 5.32 Å². The topological polar surface area (TPSA) is 66.5 Å². The van der Waals surface area contributed by atoms with Gasteiger partial charge in [0.1, 0.15) is 0 Å². The lowest BCUT2D eigenvalue weighted by Gasteiger charge is -2.21. The van der Waals surface area contributed by atoms with Gasteiger partial charge in [0, 0.05) is 17.3 Å². The number of hydrogen-bond donors (Lipinski definition) is 1. The fourth-order valence-electron chi connectivity index (χ4n) is 3.20. The number of sulfonamides is 1. The Hall–Kier alpha value is -2.55. The first kappa shape index (κ1) is 19.2. The number of anilines is 2. The van der Waals surface area contributed by atoms with Crippen LogP contribution in [0.1, 0.15) is 28.4 Å². The molecule has 0 saturated heterocycles. The van der Waals surface area contributed by atoms with E-state index in [2.05, 4.69) is 5.32 Å². The molecule has 1 atom stereocenters. The molecule has 2 aromatic carbocycles. The van der Waals surface area contributed by atoms with Crippen LogP contribution in [0, 0.1) is 0 Å². The molecule has 1 N–H and O–H groups in total. The monoisotopic (exact) mass is 398 g/mol. The average Bonchev–Trinajstić information content (AvgIpc) is 2.89. The van der Waals surface area contributed by atoms with Gasteiger partial charge >= 0.3 is 6.18 Å². The highest BCUT2D eigenvalue weighted by molar-refractivity contribution is 7.92. The Kier molecular flexibility index (Phi) is 4.67. The highest BCUT2D eigenvalue weighted by atomic mass is 32.2. The van der Waals surface area contributed by atoms with Crippen LogP contribution in [-0.4, -0.2) is 26.6 Å². The van der Waals surface area contributed by atoms with Crippen molar-refractivity contribution in [2.45, 2.75) is 25.6 Å². The molecule has 1 amide bonds. The minimum absolute atomic E-state index is 0.236. The Morgan fingerprint density at radius 2 is 1.78 bits per heavy atom. The minimum atomic E-state index is -4.44. The molecule has 0 aromatic heterocycles. The number of nitrogens with one attached hydrogen (secondary N) is 1. The molecule has 1 aliphatic rings. The van der Waals surface area contributed by atoms with Crippen molar-refractivity contribution in [1.29, 1.82) is 0 Å². The Morgan fingerprint density at radius 3 is 2.33 bits per heavy atom. The number of halogens is 3. The number of nitrogens with zero attached hydrogens (tertiary/aromatic N) is 1. The maximum Gasteiger partial charge on any atom is 0.416 e. The summed E-state index contributed by atoms with van der Waals surface area (Å²) in [6.07, 6.45) is -2.83. The highest BCUT2D eigenvalue weighted by Gasteiger charge is 2.33. The summed E-state index contributed by atoms with van der Waals surface area (Å²) in [7, 11) is -3.42. The molecule has 1 unspecified atom stereocenters. The van der Waals surface area contributed by atoms with Gasteiger partial charge in [-0.15, -0.1) is 0 Å². The molecule has 0 saturated carbocycles. The van der Waals surface area contributed by atoms with Crippen LogP contribution in [0.5, 0.6) is 0 Å². The number of benzene rings is 2. The predicted molar refractivity (Wildman–Crippen MR) is 96.3 cm³/mol. The smallest absolute Gasteiger partial charge is 0.322 e. The van der Waals surface area contributed by atoms with E-state index in [9.17, 15) is 26.4 Å². The summed E-state index contributed by atoms with van der Waals surface area (Å²) in [6, 6.07) is 8.58. The van der Waals surface area contributed by atoms with Crippen LogP contribution in [0.4, 0.5) is 24.5 Å². The maximum absolute atomic E-state index is 12.6. The van der Waals surface area contributed by atoms with Gasteiger partial charge in [-0.25, -0.2) is 8.42 Å². The van der Waals surface area contributed by atoms with E-state index in [1.165, 1.54) is 22.5 Å². The minimum Gasteiger partial charge on any atom is -0.322 e. The van der Waals surface area contributed by atoms with Crippen LogP contribution in [0.25, 0.3) is 0 Å². The summed E-state index contributed by atoms with van der Waals surface area (Å²) in [6.45, 7) is 1.78. The molecule has 2 aromatic rings. The number of hydrogen-bond acceptors (Lipinski definition) is 3. The zero-order chi connectivity index (χ0) is 20.0. The molecular formula is C18H17F3N2O3S. The van der Waals surface area contributed by atoms with Crippen LogP contribution >= 0.6 is 0 Å². The van der Waals surface area contributed by atoms with Crippen LogP contribution in [0.3, 0.4) is 0 Å². The van der Waals surface area contributed by atoms with Crippen LogP contribution in [-0.2, 0) is 22.6 Å². The van der Waals surface area contributed by atoms with E-state index in [0.717, 1.165) is 24.0 Å². The number of carbonyl (C=O) groups excluding carboxylic acids is 1. The summed E-state index contributed by atoms with van der Waals surface area (Å²) >= 11 is 0. The molecule has 0 aliphatic carbocycles. The number of fused-ring (bicyclic) bond motifs is 1. The summed E-state index contributed by atoms with van der Waals surface area (Å²) in [5.41, 5.74) is 1.01. The molecule has 27 heavy (non-hydrogen) atoms. The fourth-order valence-corrected chi connectivity index (χ4v) is 4.46. The molecule has 1 heterocycles. The van der Waals surface area contributed by atoms with Gasteiger partial charge in [0.15, 0.2) is 0 Å². The SMILES string of the molecule is CC1Cc2cc(C(=O)Nc3ccc(C(F)(F)F)cc3)ccc2N1S(C)(=O)=O. The third kappa shape index (κ3) is 3.92. The van der Waals surface area contributed by atoms with Crippen molar-refractivity contribution >= 4 is 27.3 Å². The third-order valence-electron chi connectivity index (χ3n) is 4.32. The van der Waals surface area contributed by atoms with Crippen molar-refractivity contribution in [2.75, 3.05) is 15.9 Å². The van der Waals surface area contributed by atoms with Gasteiger partial charge in [0.05, 0.1) is 17.5 Å². The largest absolute Gasteiger partial charge is 0.416 e. The second kappa shape index (κ2) is 6.56. The Morgan fingerprint density at radius 1 is 1.15 bits per heavy atom. The van der Waals surface area contributed by atoms with Gasteiger partial charge in [-0.2, -0.15) is 13.2 Å². The fraction of sp³-hybridized carbons (Fsp3) is 0.278. The lowest BCUT2D eigenvalue weighted by Crippen LogP contribution is -2.34. The van der Waals surface area contributed by atoms with Gasteiger partial charge in [-0.05, 0) is 61.4 Å². The van der Waals surface area contributed by atoms with Crippen LogP contribution in [0.2, 0.25) is 0 Å².